The average molecular weight is 425 g/mol. The molecule has 1 fully saturated rings. The van der Waals surface area contributed by atoms with Gasteiger partial charge in [0.2, 0.25) is 10.0 Å². The number of carbonyl (C=O) groups is 3. The molecule has 2 rings (SSSR count). The summed E-state index contributed by atoms with van der Waals surface area (Å²) in [5, 5.41) is 2.87. The number of amides is 1. The van der Waals surface area contributed by atoms with Crippen molar-refractivity contribution in [3.63, 3.8) is 0 Å². The standard InChI is InChI=1S/C20H28N2O6S/c1-13-6-4-5-7-18(13)21-19(24)12-28-20(25)14(2)22-29(26,27)17-10-8-16(9-11-17)15(3)23/h8-11,13-14,18,22H,4-7,12H2,1-3H3,(H,21,24)/t13-,14+,18+/m1/s1. The largest absolute Gasteiger partial charge is 0.454 e. The van der Waals surface area contributed by atoms with Crippen molar-refractivity contribution < 1.29 is 27.5 Å². The summed E-state index contributed by atoms with van der Waals surface area (Å²) >= 11 is 0. The summed E-state index contributed by atoms with van der Waals surface area (Å²) in [6.45, 7) is 4.34. The number of hydrogen-bond acceptors (Lipinski definition) is 6. The van der Waals surface area contributed by atoms with Crippen molar-refractivity contribution in [3.05, 3.63) is 29.8 Å². The molecule has 0 saturated heterocycles. The first-order chi connectivity index (χ1) is 13.6. The summed E-state index contributed by atoms with van der Waals surface area (Å²) in [7, 11) is -3.98. The quantitative estimate of drug-likeness (QED) is 0.485. The second-order valence-electron chi connectivity index (χ2n) is 7.47. The minimum atomic E-state index is -3.98. The molecule has 0 spiro atoms. The highest BCUT2D eigenvalue weighted by Gasteiger charge is 2.26. The topological polar surface area (TPSA) is 119 Å². The number of benzene rings is 1. The average Bonchev–Trinajstić information content (AvgIpc) is 2.67. The predicted molar refractivity (Wildman–Crippen MR) is 107 cm³/mol. The Bertz CT molecular complexity index is 850. The number of ketones is 1. The van der Waals surface area contributed by atoms with Gasteiger partial charge in [-0.1, -0.05) is 31.9 Å². The van der Waals surface area contributed by atoms with E-state index in [2.05, 4.69) is 17.0 Å². The van der Waals surface area contributed by atoms with Crippen molar-refractivity contribution in [1.82, 2.24) is 10.0 Å². The van der Waals surface area contributed by atoms with Gasteiger partial charge in [-0.2, -0.15) is 4.72 Å². The van der Waals surface area contributed by atoms with Gasteiger partial charge in [0, 0.05) is 11.6 Å². The van der Waals surface area contributed by atoms with Crippen LogP contribution in [-0.4, -0.2) is 44.8 Å². The smallest absolute Gasteiger partial charge is 0.324 e. The highest BCUT2D eigenvalue weighted by Crippen LogP contribution is 2.23. The second kappa shape index (κ2) is 9.98. The van der Waals surface area contributed by atoms with Gasteiger partial charge in [0.25, 0.3) is 5.91 Å². The maximum Gasteiger partial charge on any atom is 0.324 e. The van der Waals surface area contributed by atoms with Crippen LogP contribution in [0.5, 0.6) is 0 Å². The van der Waals surface area contributed by atoms with E-state index in [1.807, 2.05) is 0 Å². The summed E-state index contributed by atoms with van der Waals surface area (Å²) in [5.41, 5.74) is 0.384. The van der Waals surface area contributed by atoms with Gasteiger partial charge in [-0.3, -0.25) is 14.4 Å². The summed E-state index contributed by atoms with van der Waals surface area (Å²) in [6.07, 6.45) is 4.16. The van der Waals surface area contributed by atoms with Gasteiger partial charge in [0.1, 0.15) is 6.04 Å². The molecule has 1 aliphatic rings. The zero-order valence-electron chi connectivity index (χ0n) is 16.9. The molecular weight excluding hydrogens is 396 g/mol. The van der Waals surface area contributed by atoms with Crippen molar-refractivity contribution in [1.29, 1.82) is 0 Å². The lowest BCUT2D eigenvalue weighted by Crippen LogP contribution is -2.44. The third-order valence-corrected chi connectivity index (χ3v) is 6.62. The lowest BCUT2D eigenvalue weighted by Gasteiger charge is -2.29. The van der Waals surface area contributed by atoms with E-state index in [1.54, 1.807) is 0 Å². The molecule has 1 aromatic rings. The minimum absolute atomic E-state index is 0.0730. The Morgan fingerprint density at radius 3 is 2.34 bits per heavy atom. The van der Waals surface area contributed by atoms with Crippen molar-refractivity contribution in [2.45, 2.75) is 63.4 Å². The molecule has 9 heteroatoms. The van der Waals surface area contributed by atoms with Gasteiger partial charge in [-0.25, -0.2) is 8.42 Å². The summed E-state index contributed by atoms with van der Waals surface area (Å²) < 4.78 is 31.9. The molecule has 1 amide bonds. The molecule has 0 unspecified atom stereocenters. The molecule has 0 radical (unpaired) electrons. The molecule has 0 aromatic heterocycles. The highest BCUT2D eigenvalue weighted by atomic mass is 32.2. The Morgan fingerprint density at radius 2 is 1.76 bits per heavy atom. The third-order valence-electron chi connectivity index (χ3n) is 5.06. The SMILES string of the molecule is CC(=O)c1ccc(S(=O)(=O)N[C@@H](C)C(=O)OCC(=O)N[C@H]2CCCC[C@H]2C)cc1. The van der Waals surface area contributed by atoms with Crippen LogP contribution in [0.25, 0.3) is 0 Å². The second-order valence-corrected chi connectivity index (χ2v) is 9.18. The van der Waals surface area contributed by atoms with Crippen LogP contribution in [0.4, 0.5) is 0 Å². The summed E-state index contributed by atoms with van der Waals surface area (Å²) in [5.74, 6) is -1.05. The van der Waals surface area contributed by atoms with Crippen molar-refractivity contribution in [2.75, 3.05) is 6.61 Å². The van der Waals surface area contributed by atoms with Gasteiger partial charge < -0.3 is 10.1 Å². The van der Waals surface area contributed by atoms with E-state index < -0.39 is 34.5 Å². The van der Waals surface area contributed by atoms with Gasteiger partial charge in [-0.05, 0) is 44.7 Å². The number of nitrogens with one attached hydrogen (secondary N) is 2. The van der Waals surface area contributed by atoms with E-state index in [0.717, 1.165) is 25.7 Å². The van der Waals surface area contributed by atoms with Crippen LogP contribution in [0.3, 0.4) is 0 Å². The Morgan fingerprint density at radius 1 is 1.14 bits per heavy atom. The minimum Gasteiger partial charge on any atom is -0.454 e. The lowest BCUT2D eigenvalue weighted by atomic mass is 9.86. The fourth-order valence-corrected chi connectivity index (χ4v) is 4.45. The molecule has 1 aliphatic carbocycles. The van der Waals surface area contributed by atoms with Gasteiger partial charge >= 0.3 is 5.97 Å². The molecule has 8 nitrogen and oxygen atoms in total. The van der Waals surface area contributed by atoms with Gasteiger partial charge in [-0.15, -0.1) is 0 Å². The fourth-order valence-electron chi connectivity index (χ4n) is 3.26. The Labute approximate surface area is 171 Å². The first-order valence-electron chi connectivity index (χ1n) is 9.69. The Hall–Kier alpha value is -2.26. The summed E-state index contributed by atoms with van der Waals surface area (Å²) in [4.78, 5) is 35.3. The Kier molecular flexibility index (Phi) is 7.92. The van der Waals surface area contributed by atoms with Crippen LogP contribution in [-0.2, 0) is 24.3 Å². The van der Waals surface area contributed by atoms with Crippen LogP contribution >= 0.6 is 0 Å². The lowest BCUT2D eigenvalue weighted by molar-refractivity contribution is -0.150. The molecule has 3 atom stereocenters. The molecule has 160 valence electrons. The van der Waals surface area contributed by atoms with Crippen molar-refractivity contribution in [3.8, 4) is 0 Å². The van der Waals surface area contributed by atoms with E-state index in [9.17, 15) is 22.8 Å². The maximum atomic E-state index is 12.4. The first-order valence-corrected chi connectivity index (χ1v) is 11.2. The number of ether oxygens (including phenoxy) is 1. The van der Waals surface area contributed by atoms with Gasteiger partial charge in [0.05, 0.1) is 4.90 Å². The predicted octanol–water partition coefficient (Wildman–Crippen LogP) is 1.79. The van der Waals surface area contributed by atoms with E-state index in [0.29, 0.717) is 11.5 Å². The third kappa shape index (κ3) is 6.64. The molecule has 2 N–H and O–H groups in total. The number of carbonyl (C=O) groups excluding carboxylic acids is 3. The molecule has 0 heterocycles. The van der Waals surface area contributed by atoms with Crippen LogP contribution in [0.1, 0.15) is 56.8 Å². The fraction of sp³-hybridized carbons (Fsp3) is 0.550. The van der Waals surface area contributed by atoms with E-state index >= 15 is 0 Å². The summed E-state index contributed by atoms with van der Waals surface area (Å²) in [6, 6.07) is 4.27. The number of hydrogen-bond donors (Lipinski definition) is 2. The van der Waals surface area contributed by atoms with Crippen LogP contribution in [0.2, 0.25) is 0 Å². The first kappa shape index (κ1) is 23.0. The Balaban J connectivity index is 1.85. The molecule has 29 heavy (non-hydrogen) atoms. The highest BCUT2D eigenvalue weighted by molar-refractivity contribution is 7.89. The van der Waals surface area contributed by atoms with Crippen LogP contribution in [0, 0.1) is 5.92 Å². The van der Waals surface area contributed by atoms with Crippen LogP contribution < -0.4 is 10.0 Å². The van der Waals surface area contributed by atoms with E-state index in [-0.39, 0.29) is 16.7 Å². The van der Waals surface area contributed by atoms with Crippen molar-refractivity contribution in [2.24, 2.45) is 5.92 Å². The van der Waals surface area contributed by atoms with Gasteiger partial charge in [0.15, 0.2) is 12.4 Å². The van der Waals surface area contributed by atoms with E-state index in [4.69, 9.17) is 4.74 Å². The number of Topliss-reactive ketones (excluding diaryl/α,β-unsaturated/α-hetero) is 1. The molecular formula is C20H28N2O6S. The molecule has 1 saturated carbocycles. The molecule has 0 bridgehead atoms. The van der Waals surface area contributed by atoms with Crippen molar-refractivity contribution >= 4 is 27.7 Å². The molecule has 0 aliphatic heterocycles. The number of sulfonamides is 1. The zero-order chi connectivity index (χ0) is 21.6. The molecule has 1 aromatic carbocycles. The normalized spacial score (nSPS) is 20.5. The van der Waals surface area contributed by atoms with E-state index in [1.165, 1.54) is 38.1 Å². The monoisotopic (exact) mass is 424 g/mol. The maximum absolute atomic E-state index is 12.4. The van der Waals surface area contributed by atoms with Crippen LogP contribution in [0.15, 0.2) is 29.2 Å². The number of esters is 1. The number of rotatable bonds is 8. The zero-order valence-corrected chi connectivity index (χ0v) is 17.8.